The third-order valence-corrected chi connectivity index (χ3v) is 4.22. The first-order valence-corrected chi connectivity index (χ1v) is 8.42. The summed E-state index contributed by atoms with van der Waals surface area (Å²) in [6, 6.07) is 5.65. The minimum Gasteiger partial charge on any atom is -0.354 e. The molecule has 0 atom stereocenters. The van der Waals surface area contributed by atoms with Crippen molar-refractivity contribution >= 4 is 40.1 Å². The van der Waals surface area contributed by atoms with Crippen LogP contribution in [0.5, 0.6) is 0 Å². The van der Waals surface area contributed by atoms with Gasteiger partial charge in [-0.2, -0.15) is 15.1 Å². The molecule has 138 valence electrons. The topological polar surface area (TPSA) is 86.1 Å². The lowest BCUT2D eigenvalue weighted by Crippen LogP contribution is -2.24. The Kier molecular flexibility index (Phi) is 5.55. The minimum absolute atomic E-state index is 0.393. The first-order valence-electron chi connectivity index (χ1n) is 8.04. The van der Waals surface area contributed by atoms with Gasteiger partial charge in [0.05, 0.1) is 18.1 Å². The van der Waals surface area contributed by atoms with Crippen molar-refractivity contribution in [1.29, 1.82) is 0 Å². The molecule has 0 aliphatic carbocycles. The highest BCUT2D eigenvalue weighted by Crippen LogP contribution is 2.27. The highest BCUT2D eigenvalue weighted by atomic mass is 35.5. The number of aromatic nitrogens is 4. The van der Waals surface area contributed by atoms with Crippen LogP contribution in [0.3, 0.4) is 0 Å². The zero-order valence-electron chi connectivity index (χ0n) is 15.1. The Morgan fingerprint density at radius 1 is 1.23 bits per heavy atom. The summed E-state index contributed by atoms with van der Waals surface area (Å²) in [6.07, 6.45) is 1.34. The van der Waals surface area contributed by atoms with Crippen LogP contribution in [-0.4, -0.2) is 46.8 Å². The highest BCUT2D eigenvalue weighted by molar-refractivity contribution is 6.30. The number of nitrogens with zero attached hydrogens (tertiary/aromatic N) is 4. The molecule has 0 spiro atoms. The van der Waals surface area contributed by atoms with Crippen molar-refractivity contribution in [3.8, 4) is 0 Å². The van der Waals surface area contributed by atoms with Crippen molar-refractivity contribution in [2.24, 2.45) is 7.05 Å². The molecule has 0 radical (unpaired) electrons. The van der Waals surface area contributed by atoms with E-state index in [2.05, 4.69) is 25.7 Å². The number of aryl methyl sites for hydroxylation is 2. The normalized spacial score (nSPS) is 11.3. The number of benzene rings is 1. The maximum absolute atomic E-state index is 6.04. The number of fused-ring (bicyclic) bond motifs is 1. The second-order valence-corrected chi connectivity index (χ2v) is 6.20. The van der Waals surface area contributed by atoms with Gasteiger partial charge in [-0.3, -0.25) is 4.68 Å². The van der Waals surface area contributed by atoms with E-state index in [1.807, 2.05) is 32.2 Å². The summed E-state index contributed by atoms with van der Waals surface area (Å²) >= 11 is 6.04. The Morgan fingerprint density at radius 2 is 2.00 bits per heavy atom. The van der Waals surface area contributed by atoms with Crippen LogP contribution in [0.4, 0.5) is 17.5 Å². The van der Waals surface area contributed by atoms with E-state index in [1.54, 1.807) is 25.1 Å². The summed E-state index contributed by atoms with van der Waals surface area (Å²) in [4.78, 5) is 9.10. The van der Waals surface area contributed by atoms with Gasteiger partial charge in [0.15, 0.2) is 11.9 Å². The first-order chi connectivity index (χ1) is 12.5. The summed E-state index contributed by atoms with van der Waals surface area (Å²) in [7, 11) is 5.00. The molecule has 3 rings (SSSR count). The molecule has 26 heavy (non-hydrogen) atoms. The van der Waals surface area contributed by atoms with Crippen molar-refractivity contribution in [2.75, 3.05) is 31.4 Å². The molecule has 8 nitrogen and oxygen atoms in total. The summed E-state index contributed by atoms with van der Waals surface area (Å²) in [5.74, 6) is 1.11. The molecular weight excluding hydrogens is 356 g/mol. The Labute approximate surface area is 156 Å². The van der Waals surface area contributed by atoms with Crippen LogP contribution in [0, 0.1) is 6.92 Å². The molecule has 9 heteroatoms. The van der Waals surface area contributed by atoms with Crippen LogP contribution in [0.15, 0.2) is 24.4 Å². The van der Waals surface area contributed by atoms with Crippen molar-refractivity contribution in [2.45, 2.75) is 13.2 Å². The summed E-state index contributed by atoms with van der Waals surface area (Å²) in [6.45, 7) is 2.40. The molecule has 0 amide bonds. The monoisotopic (exact) mass is 376 g/mol. The molecule has 3 aromatic rings. The van der Waals surface area contributed by atoms with E-state index in [0.717, 1.165) is 16.6 Å². The first kappa shape index (κ1) is 18.4. The van der Waals surface area contributed by atoms with E-state index < -0.39 is 6.29 Å². The molecule has 0 unspecified atom stereocenters. The number of hydrogen-bond donors (Lipinski definition) is 2. The van der Waals surface area contributed by atoms with E-state index in [9.17, 15) is 0 Å². The lowest BCUT2D eigenvalue weighted by molar-refractivity contribution is -0.0914. The van der Waals surface area contributed by atoms with Crippen LogP contribution < -0.4 is 10.6 Å². The van der Waals surface area contributed by atoms with E-state index in [1.165, 1.54) is 0 Å². The Bertz CT molecular complexity index is 910. The number of anilines is 3. The zero-order valence-corrected chi connectivity index (χ0v) is 15.8. The number of rotatable bonds is 7. The van der Waals surface area contributed by atoms with E-state index in [4.69, 9.17) is 21.1 Å². The minimum atomic E-state index is -0.393. The lowest BCUT2D eigenvalue weighted by atomic mass is 10.2. The highest BCUT2D eigenvalue weighted by Gasteiger charge is 2.14. The number of hydrogen-bond acceptors (Lipinski definition) is 7. The third-order valence-electron chi connectivity index (χ3n) is 3.99. The number of halogens is 1. The van der Waals surface area contributed by atoms with Crippen LogP contribution in [0.1, 0.15) is 5.56 Å². The molecule has 0 aliphatic rings. The molecule has 0 fully saturated rings. The van der Waals surface area contributed by atoms with Gasteiger partial charge in [0.25, 0.3) is 0 Å². The second kappa shape index (κ2) is 7.86. The maximum Gasteiger partial charge on any atom is 0.226 e. The van der Waals surface area contributed by atoms with Gasteiger partial charge in [-0.15, -0.1) is 0 Å². The summed E-state index contributed by atoms with van der Waals surface area (Å²) in [5.41, 5.74) is 2.64. The zero-order chi connectivity index (χ0) is 18.7. The van der Waals surface area contributed by atoms with E-state index in [-0.39, 0.29) is 0 Å². The molecule has 2 N–H and O–H groups in total. The predicted octanol–water partition coefficient (Wildman–Crippen LogP) is 3.10. The fraction of sp³-hybridized carbons (Fsp3) is 0.353. The summed E-state index contributed by atoms with van der Waals surface area (Å²) < 4.78 is 12.1. The van der Waals surface area contributed by atoms with E-state index >= 15 is 0 Å². The Hall–Kier alpha value is -2.42. The van der Waals surface area contributed by atoms with Crippen molar-refractivity contribution in [3.63, 3.8) is 0 Å². The SMILES string of the molecule is COC(CNc1nc(Nc2ccc(Cl)cc2C)c2cnn(C)c2n1)OC. The quantitative estimate of drug-likeness (QED) is 0.613. The van der Waals surface area contributed by atoms with Crippen LogP contribution in [-0.2, 0) is 16.5 Å². The molecule has 0 bridgehead atoms. The fourth-order valence-electron chi connectivity index (χ4n) is 2.53. The molecule has 2 aromatic heterocycles. The molecular formula is C17H21ClN6O2. The van der Waals surface area contributed by atoms with Gasteiger partial charge in [-0.25, -0.2) is 0 Å². The van der Waals surface area contributed by atoms with Crippen molar-refractivity contribution < 1.29 is 9.47 Å². The van der Waals surface area contributed by atoms with Gasteiger partial charge in [-0.1, -0.05) is 11.6 Å². The largest absolute Gasteiger partial charge is 0.354 e. The molecule has 0 aliphatic heterocycles. The standard InChI is InChI=1S/C17H21ClN6O2/c1-10-7-11(18)5-6-13(10)21-15-12-8-20-24(2)16(12)23-17(22-15)19-9-14(25-3)26-4/h5-8,14H,9H2,1-4H3,(H2,19,21,22,23). The smallest absolute Gasteiger partial charge is 0.226 e. The average Bonchev–Trinajstić information content (AvgIpc) is 3.00. The van der Waals surface area contributed by atoms with Crippen molar-refractivity contribution in [3.05, 3.63) is 35.0 Å². The molecule has 2 heterocycles. The Morgan fingerprint density at radius 3 is 2.69 bits per heavy atom. The number of nitrogens with one attached hydrogen (secondary N) is 2. The Balaban J connectivity index is 1.95. The fourth-order valence-corrected chi connectivity index (χ4v) is 2.76. The van der Waals surface area contributed by atoms with Gasteiger partial charge < -0.3 is 20.1 Å². The number of methoxy groups -OCH3 is 2. The van der Waals surface area contributed by atoms with E-state index in [0.29, 0.717) is 29.0 Å². The molecule has 0 saturated carbocycles. The van der Waals surface area contributed by atoms with Crippen LogP contribution >= 0.6 is 11.6 Å². The van der Waals surface area contributed by atoms with Crippen molar-refractivity contribution in [1.82, 2.24) is 19.7 Å². The van der Waals surface area contributed by atoms with Gasteiger partial charge in [0.1, 0.15) is 5.82 Å². The number of ether oxygens (including phenoxy) is 2. The van der Waals surface area contributed by atoms with Crippen LogP contribution in [0.2, 0.25) is 5.02 Å². The van der Waals surface area contributed by atoms with Gasteiger partial charge in [0.2, 0.25) is 5.95 Å². The molecule has 1 aromatic carbocycles. The maximum atomic E-state index is 6.04. The summed E-state index contributed by atoms with van der Waals surface area (Å²) in [5, 5.41) is 12.3. The van der Waals surface area contributed by atoms with Gasteiger partial charge in [-0.05, 0) is 30.7 Å². The van der Waals surface area contributed by atoms with Crippen LogP contribution in [0.25, 0.3) is 11.0 Å². The average molecular weight is 377 g/mol. The molecule has 0 saturated heterocycles. The predicted molar refractivity (Wildman–Crippen MR) is 102 cm³/mol. The van der Waals surface area contributed by atoms with Gasteiger partial charge >= 0.3 is 0 Å². The van der Waals surface area contributed by atoms with Gasteiger partial charge in [0, 0.05) is 32.0 Å². The lowest BCUT2D eigenvalue weighted by Gasteiger charge is -2.15. The third kappa shape index (κ3) is 3.87. The second-order valence-electron chi connectivity index (χ2n) is 5.77.